The molecule has 1 heterocycles. The Morgan fingerprint density at radius 2 is 1.89 bits per heavy atom. The number of rotatable bonds is 5. The summed E-state index contributed by atoms with van der Waals surface area (Å²) in [5, 5.41) is 3.75. The zero-order valence-corrected chi connectivity index (χ0v) is 12.0. The van der Waals surface area contributed by atoms with E-state index in [1.807, 2.05) is 0 Å². The summed E-state index contributed by atoms with van der Waals surface area (Å²) >= 11 is 0. The maximum atomic E-state index is 3.75. The predicted molar refractivity (Wildman–Crippen MR) is 80.4 cm³/mol. The van der Waals surface area contributed by atoms with Crippen LogP contribution in [0.3, 0.4) is 0 Å². The van der Waals surface area contributed by atoms with Crippen LogP contribution in [0.4, 0.5) is 0 Å². The molecule has 19 heavy (non-hydrogen) atoms. The van der Waals surface area contributed by atoms with Crippen molar-refractivity contribution in [2.45, 2.75) is 37.6 Å². The summed E-state index contributed by atoms with van der Waals surface area (Å²) in [5.41, 5.74) is 1.51. The number of hydrogen-bond donors (Lipinski definition) is 1. The minimum Gasteiger partial charge on any atom is -0.313 e. The Kier molecular flexibility index (Phi) is 4.19. The Labute approximate surface area is 117 Å². The fourth-order valence-corrected chi connectivity index (χ4v) is 3.31. The van der Waals surface area contributed by atoms with Crippen molar-refractivity contribution in [2.75, 3.05) is 26.7 Å². The fourth-order valence-electron chi connectivity index (χ4n) is 3.31. The van der Waals surface area contributed by atoms with E-state index < -0.39 is 0 Å². The quantitative estimate of drug-likeness (QED) is 0.873. The van der Waals surface area contributed by atoms with Crippen LogP contribution in [0, 0.1) is 5.92 Å². The fraction of sp³-hybridized carbons (Fsp3) is 0.647. The van der Waals surface area contributed by atoms with Crippen LogP contribution in [-0.2, 0) is 0 Å². The summed E-state index contributed by atoms with van der Waals surface area (Å²) in [5.74, 6) is 1.73. The summed E-state index contributed by atoms with van der Waals surface area (Å²) in [6.45, 7) is 3.80. The van der Waals surface area contributed by atoms with E-state index in [-0.39, 0.29) is 0 Å². The molecule has 1 saturated heterocycles. The average molecular weight is 258 g/mol. The van der Waals surface area contributed by atoms with Gasteiger partial charge in [0.05, 0.1) is 0 Å². The number of benzene rings is 1. The van der Waals surface area contributed by atoms with Crippen LogP contribution in [-0.4, -0.2) is 37.6 Å². The van der Waals surface area contributed by atoms with Crippen molar-refractivity contribution in [3.8, 4) is 0 Å². The van der Waals surface area contributed by atoms with E-state index >= 15 is 0 Å². The Bertz CT molecular complexity index is 382. The molecule has 0 amide bonds. The normalized spacial score (nSPS) is 28.5. The molecule has 0 spiro atoms. The van der Waals surface area contributed by atoms with Gasteiger partial charge < -0.3 is 10.2 Å². The maximum absolute atomic E-state index is 3.75. The van der Waals surface area contributed by atoms with Crippen molar-refractivity contribution in [3.63, 3.8) is 0 Å². The van der Waals surface area contributed by atoms with Gasteiger partial charge in [-0.25, -0.2) is 0 Å². The molecule has 1 aromatic rings. The highest BCUT2D eigenvalue weighted by Gasteiger charge is 2.37. The number of likely N-dealkylation sites (tertiary alicyclic amines) is 1. The van der Waals surface area contributed by atoms with Crippen LogP contribution in [0.15, 0.2) is 30.3 Å². The van der Waals surface area contributed by atoms with Crippen LogP contribution < -0.4 is 5.32 Å². The molecule has 2 heteroatoms. The van der Waals surface area contributed by atoms with Crippen LogP contribution in [0.1, 0.15) is 37.2 Å². The maximum Gasteiger partial charge on any atom is 0.0143 e. The summed E-state index contributed by atoms with van der Waals surface area (Å²) in [4.78, 5) is 2.45. The van der Waals surface area contributed by atoms with Crippen LogP contribution in [0.25, 0.3) is 0 Å². The molecule has 104 valence electrons. The molecule has 2 unspecified atom stereocenters. The summed E-state index contributed by atoms with van der Waals surface area (Å²) in [7, 11) is 2.24. The lowest BCUT2D eigenvalue weighted by Crippen LogP contribution is -2.32. The van der Waals surface area contributed by atoms with E-state index in [2.05, 4.69) is 47.6 Å². The lowest BCUT2D eigenvalue weighted by molar-refractivity contribution is 0.211. The van der Waals surface area contributed by atoms with Crippen molar-refractivity contribution in [3.05, 3.63) is 35.9 Å². The highest BCUT2D eigenvalue weighted by Crippen LogP contribution is 2.40. The van der Waals surface area contributed by atoms with E-state index in [1.165, 1.54) is 50.9 Å². The topological polar surface area (TPSA) is 15.3 Å². The molecule has 1 aliphatic heterocycles. The van der Waals surface area contributed by atoms with Gasteiger partial charge in [-0.15, -0.1) is 0 Å². The van der Waals surface area contributed by atoms with Gasteiger partial charge in [-0.05, 0) is 63.8 Å². The van der Waals surface area contributed by atoms with E-state index in [0.29, 0.717) is 0 Å². The summed E-state index contributed by atoms with van der Waals surface area (Å²) in [6.07, 6.45) is 5.49. The second-order valence-electron chi connectivity index (χ2n) is 6.35. The van der Waals surface area contributed by atoms with Crippen LogP contribution >= 0.6 is 0 Å². The second-order valence-corrected chi connectivity index (χ2v) is 6.35. The molecule has 3 rings (SSSR count). The number of nitrogens with zero attached hydrogens (tertiary/aromatic N) is 1. The first-order valence-electron chi connectivity index (χ1n) is 7.80. The molecule has 0 aromatic heterocycles. The minimum absolute atomic E-state index is 0.744. The second kappa shape index (κ2) is 6.06. The van der Waals surface area contributed by atoms with Crippen LogP contribution in [0.5, 0.6) is 0 Å². The lowest BCUT2D eigenvalue weighted by Gasteiger charge is -2.28. The Balaban J connectivity index is 1.34. The Morgan fingerprint density at radius 3 is 2.63 bits per heavy atom. The third-order valence-electron chi connectivity index (χ3n) is 4.82. The molecular weight excluding hydrogens is 232 g/mol. The van der Waals surface area contributed by atoms with Crippen molar-refractivity contribution in [2.24, 2.45) is 5.92 Å². The zero-order chi connectivity index (χ0) is 13.1. The molecule has 1 saturated carbocycles. The minimum atomic E-state index is 0.744. The molecule has 2 fully saturated rings. The van der Waals surface area contributed by atoms with Crippen molar-refractivity contribution < 1.29 is 0 Å². The van der Waals surface area contributed by atoms with E-state index in [1.54, 1.807) is 0 Å². The smallest absolute Gasteiger partial charge is 0.0143 e. The van der Waals surface area contributed by atoms with Gasteiger partial charge in [-0.1, -0.05) is 30.3 Å². The lowest BCUT2D eigenvalue weighted by atomic mass is 9.94. The molecular formula is C17H26N2. The third-order valence-corrected chi connectivity index (χ3v) is 4.82. The molecule has 1 aliphatic carbocycles. The van der Waals surface area contributed by atoms with Gasteiger partial charge in [-0.2, -0.15) is 0 Å². The molecule has 2 atom stereocenters. The molecule has 1 N–H and O–H groups in total. The summed E-state index contributed by atoms with van der Waals surface area (Å²) in [6, 6.07) is 11.7. The van der Waals surface area contributed by atoms with Crippen molar-refractivity contribution in [1.82, 2.24) is 10.2 Å². The first-order chi connectivity index (χ1) is 9.33. The Morgan fingerprint density at radius 1 is 1.16 bits per heavy atom. The predicted octanol–water partition coefficient (Wildman–Crippen LogP) is 2.86. The molecule has 0 radical (unpaired) electrons. The molecule has 2 nitrogen and oxygen atoms in total. The number of hydrogen-bond acceptors (Lipinski definition) is 2. The molecule has 2 aliphatic rings. The van der Waals surface area contributed by atoms with Gasteiger partial charge in [0, 0.05) is 12.0 Å². The van der Waals surface area contributed by atoms with Gasteiger partial charge >= 0.3 is 0 Å². The Hall–Kier alpha value is -0.860. The van der Waals surface area contributed by atoms with E-state index in [9.17, 15) is 0 Å². The monoisotopic (exact) mass is 258 g/mol. The SMILES string of the molecule is CN1CCC(CCNC2CC2c2ccccc2)CC1. The zero-order valence-electron chi connectivity index (χ0n) is 12.0. The van der Waals surface area contributed by atoms with Gasteiger partial charge in [0.1, 0.15) is 0 Å². The molecule has 0 bridgehead atoms. The molecule has 1 aromatic carbocycles. The van der Waals surface area contributed by atoms with Crippen molar-refractivity contribution in [1.29, 1.82) is 0 Å². The van der Waals surface area contributed by atoms with E-state index in [0.717, 1.165) is 17.9 Å². The number of piperidine rings is 1. The summed E-state index contributed by atoms with van der Waals surface area (Å²) < 4.78 is 0. The average Bonchev–Trinajstić information content (AvgIpc) is 3.22. The van der Waals surface area contributed by atoms with Crippen molar-refractivity contribution >= 4 is 0 Å². The first-order valence-corrected chi connectivity index (χ1v) is 7.80. The van der Waals surface area contributed by atoms with E-state index in [4.69, 9.17) is 0 Å². The van der Waals surface area contributed by atoms with Gasteiger partial charge in [0.15, 0.2) is 0 Å². The third kappa shape index (κ3) is 3.58. The van der Waals surface area contributed by atoms with Gasteiger partial charge in [-0.3, -0.25) is 0 Å². The highest BCUT2D eigenvalue weighted by atomic mass is 15.1. The standard InChI is InChI=1S/C17H26N2/c1-19-11-8-14(9-12-19)7-10-18-17-13-16(17)15-5-3-2-4-6-15/h2-6,14,16-18H,7-13H2,1H3. The van der Waals surface area contributed by atoms with Crippen LogP contribution in [0.2, 0.25) is 0 Å². The number of nitrogens with one attached hydrogen (secondary N) is 1. The first kappa shape index (κ1) is 13.1. The van der Waals surface area contributed by atoms with Gasteiger partial charge in [0.2, 0.25) is 0 Å². The highest BCUT2D eigenvalue weighted by molar-refractivity contribution is 5.27. The largest absolute Gasteiger partial charge is 0.313 e. The van der Waals surface area contributed by atoms with Gasteiger partial charge in [0.25, 0.3) is 0 Å².